The van der Waals surface area contributed by atoms with Crippen molar-refractivity contribution < 1.29 is 39.6 Å². The molecule has 6 nitrogen and oxygen atoms in total. The smallest absolute Gasteiger partial charge is 0.485 e. The number of nitrogens with zero attached hydrogens (tertiary/aromatic N) is 1. The van der Waals surface area contributed by atoms with E-state index in [-0.39, 0.29) is 24.5 Å². The first kappa shape index (κ1) is 22.8. The second-order valence-corrected chi connectivity index (χ2v) is 7.89. The lowest BCUT2D eigenvalue weighted by atomic mass is 10.2. The molecule has 1 unspecified atom stereocenters. The molecular formula is C20H17F4NO5S. The predicted octanol–water partition coefficient (Wildman–Crippen LogP) is 4.40. The third-order valence-electron chi connectivity index (χ3n) is 4.03. The van der Waals surface area contributed by atoms with E-state index in [1.54, 1.807) is 0 Å². The lowest BCUT2D eigenvalue weighted by Gasteiger charge is -2.18. The standard InChI is InChI=1S/C20H17F4NO5S/c21-11-15(13-28-12-14-5-2-1-3-6-14)29-18-8-4-7-17-16(18)9-10-19(25-17)30-31(26,27)20(22,23)24/h1-10,15H,11-13H2. The van der Waals surface area contributed by atoms with Crippen LogP contribution in [0.4, 0.5) is 17.6 Å². The molecule has 0 amide bonds. The number of alkyl halides is 4. The van der Waals surface area contributed by atoms with Crippen LogP contribution in [0.3, 0.4) is 0 Å². The Kier molecular flexibility index (Phi) is 6.96. The van der Waals surface area contributed by atoms with Crippen LogP contribution < -0.4 is 8.92 Å². The van der Waals surface area contributed by atoms with Crippen molar-refractivity contribution in [3.63, 3.8) is 0 Å². The fourth-order valence-corrected chi connectivity index (χ4v) is 3.00. The fourth-order valence-electron chi connectivity index (χ4n) is 2.59. The maximum Gasteiger partial charge on any atom is 0.534 e. The van der Waals surface area contributed by atoms with Crippen molar-refractivity contribution in [2.45, 2.75) is 18.2 Å². The second-order valence-electron chi connectivity index (χ2n) is 6.35. The van der Waals surface area contributed by atoms with Gasteiger partial charge in [-0.2, -0.15) is 21.6 Å². The van der Waals surface area contributed by atoms with E-state index in [2.05, 4.69) is 9.17 Å². The summed E-state index contributed by atoms with van der Waals surface area (Å²) < 4.78 is 88.3. The molecule has 31 heavy (non-hydrogen) atoms. The Bertz CT molecular complexity index is 1120. The quantitative estimate of drug-likeness (QED) is 0.268. The molecule has 3 rings (SSSR count). The Morgan fingerprint density at radius 2 is 1.71 bits per heavy atom. The Labute approximate surface area is 175 Å². The molecule has 0 aliphatic heterocycles. The summed E-state index contributed by atoms with van der Waals surface area (Å²) in [6.07, 6.45) is -0.934. The number of rotatable bonds is 9. The number of ether oxygens (including phenoxy) is 2. The monoisotopic (exact) mass is 459 g/mol. The van der Waals surface area contributed by atoms with Gasteiger partial charge < -0.3 is 13.7 Å². The molecule has 0 fully saturated rings. The van der Waals surface area contributed by atoms with Crippen LogP contribution in [-0.2, 0) is 21.5 Å². The van der Waals surface area contributed by atoms with Gasteiger partial charge in [0.25, 0.3) is 0 Å². The molecule has 0 spiro atoms. The molecular weight excluding hydrogens is 442 g/mol. The first-order chi connectivity index (χ1) is 14.7. The Morgan fingerprint density at radius 1 is 0.968 bits per heavy atom. The van der Waals surface area contributed by atoms with Crippen molar-refractivity contribution in [3.8, 4) is 11.6 Å². The van der Waals surface area contributed by atoms with Crippen molar-refractivity contribution in [1.29, 1.82) is 0 Å². The van der Waals surface area contributed by atoms with E-state index < -0.39 is 34.3 Å². The van der Waals surface area contributed by atoms with E-state index in [0.717, 1.165) is 11.6 Å². The molecule has 11 heteroatoms. The van der Waals surface area contributed by atoms with E-state index in [0.29, 0.717) is 5.39 Å². The lowest BCUT2D eigenvalue weighted by Crippen LogP contribution is -2.28. The van der Waals surface area contributed by atoms with Gasteiger partial charge in [0, 0.05) is 11.5 Å². The number of halogens is 4. The minimum absolute atomic E-state index is 0.0414. The molecule has 0 bridgehead atoms. The summed E-state index contributed by atoms with van der Waals surface area (Å²) in [5, 5.41) is 0.334. The summed E-state index contributed by atoms with van der Waals surface area (Å²) in [7, 11) is -5.85. The zero-order chi connectivity index (χ0) is 22.5. The number of fused-ring (bicyclic) bond motifs is 1. The van der Waals surface area contributed by atoms with E-state index in [4.69, 9.17) is 9.47 Å². The van der Waals surface area contributed by atoms with Crippen molar-refractivity contribution in [1.82, 2.24) is 4.98 Å². The maximum absolute atomic E-state index is 13.4. The summed E-state index contributed by atoms with van der Waals surface area (Å²) in [5.41, 5.74) is -4.56. The van der Waals surface area contributed by atoms with Gasteiger partial charge in [-0.05, 0) is 23.8 Å². The van der Waals surface area contributed by atoms with Crippen LogP contribution in [0.5, 0.6) is 11.6 Å². The van der Waals surface area contributed by atoms with Gasteiger partial charge >= 0.3 is 15.6 Å². The van der Waals surface area contributed by atoms with Crippen LogP contribution in [0, 0.1) is 0 Å². The average Bonchev–Trinajstić information content (AvgIpc) is 2.72. The van der Waals surface area contributed by atoms with Gasteiger partial charge in [-0.25, -0.2) is 9.37 Å². The zero-order valence-corrected chi connectivity index (χ0v) is 16.7. The molecule has 166 valence electrons. The Balaban J connectivity index is 1.71. The largest absolute Gasteiger partial charge is 0.534 e. The topological polar surface area (TPSA) is 74.7 Å². The first-order valence-corrected chi connectivity index (χ1v) is 10.4. The molecule has 2 aromatic carbocycles. The summed E-state index contributed by atoms with van der Waals surface area (Å²) in [6.45, 7) is -0.615. The lowest BCUT2D eigenvalue weighted by molar-refractivity contribution is -0.0501. The van der Waals surface area contributed by atoms with Crippen molar-refractivity contribution in [2.24, 2.45) is 0 Å². The van der Waals surface area contributed by atoms with E-state index in [1.807, 2.05) is 30.3 Å². The maximum atomic E-state index is 13.4. The molecule has 1 atom stereocenters. The Hall–Kier alpha value is -2.92. The highest BCUT2D eigenvalue weighted by Gasteiger charge is 2.48. The molecule has 1 heterocycles. The third-order valence-corrected chi connectivity index (χ3v) is 4.98. The van der Waals surface area contributed by atoms with Crippen molar-refractivity contribution in [2.75, 3.05) is 13.3 Å². The second kappa shape index (κ2) is 9.48. The van der Waals surface area contributed by atoms with Crippen LogP contribution >= 0.6 is 0 Å². The average molecular weight is 459 g/mol. The highest BCUT2D eigenvalue weighted by atomic mass is 32.2. The highest BCUT2D eigenvalue weighted by Crippen LogP contribution is 2.30. The van der Waals surface area contributed by atoms with E-state index in [9.17, 15) is 26.0 Å². The minimum Gasteiger partial charge on any atom is -0.485 e. The fraction of sp³-hybridized carbons (Fsp3) is 0.250. The summed E-state index contributed by atoms with van der Waals surface area (Å²) >= 11 is 0. The highest BCUT2D eigenvalue weighted by molar-refractivity contribution is 7.87. The Morgan fingerprint density at radius 3 is 2.39 bits per heavy atom. The van der Waals surface area contributed by atoms with Gasteiger partial charge in [0.2, 0.25) is 5.88 Å². The molecule has 0 radical (unpaired) electrons. The number of benzene rings is 2. The molecule has 0 aliphatic rings. The number of hydrogen-bond acceptors (Lipinski definition) is 6. The van der Waals surface area contributed by atoms with Gasteiger partial charge in [0.1, 0.15) is 12.4 Å². The summed E-state index contributed by atoms with van der Waals surface area (Å²) in [5.74, 6) is -0.545. The van der Waals surface area contributed by atoms with Gasteiger partial charge in [-0.3, -0.25) is 0 Å². The van der Waals surface area contributed by atoms with Crippen molar-refractivity contribution >= 4 is 21.0 Å². The van der Waals surface area contributed by atoms with Crippen LogP contribution in [-0.4, -0.2) is 38.3 Å². The molecule has 1 aromatic heterocycles. The molecule has 0 saturated heterocycles. The molecule has 0 saturated carbocycles. The molecule has 0 N–H and O–H groups in total. The normalized spacial score (nSPS) is 13.2. The van der Waals surface area contributed by atoms with Gasteiger partial charge in [-0.1, -0.05) is 36.4 Å². The van der Waals surface area contributed by atoms with Crippen LogP contribution in [0.15, 0.2) is 60.7 Å². The minimum atomic E-state index is -5.85. The van der Waals surface area contributed by atoms with Gasteiger partial charge in [0.05, 0.1) is 18.7 Å². The first-order valence-electron chi connectivity index (χ1n) is 8.94. The SMILES string of the molecule is O=S(=O)(Oc1ccc2c(OC(CF)COCc3ccccc3)cccc2n1)C(F)(F)F. The van der Waals surface area contributed by atoms with Crippen molar-refractivity contribution in [3.05, 3.63) is 66.2 Å². The third kappa shape index (κ3) is 5.82. The van der Waals surface area contributed by atoms with E-state index >= 15 is 0 Å². The van der Waals surface area contributed by atoms with Gasteiger partial charge in [-0.15, -0.1) is 0 Å². The van der Waals surface area contributed by atoms with E-state index in [1.165, 1.54) is 24.3 Å². The number of hydrogen-bond donors (Lipinski definition) is 0. The number of aromatic nitrogens is 1. The zero-order valence-electron chi connectivity index (χ0n) is 15.9. The molecule has 0 aliphatic carbocycles. The van der Waals surface area contributed by atoms with Crippen LogP contribution in [0.1, 0.15) is 5.56 Å². The predicted molar refractivity (Wildman–Crippen MR) is 104 cm³/mol. The van der Waals surface area contributed by atoms with Gasteiger partial charge in [0.15, 0.2) is 6.10 Å². The summed E-state index contributed by atoms with van der Waals surface area (Å²) in [6, 6.07) is 15.9. The van der Waals surface area contributed by atoms with Crippen LogP contribution in [0.2, 0.25) is 0 Å². The molecule has 3 aromatic rings. The van der Waals surface area contributed by atoms with Crippen LogP contribution in [0.25, 0.3) is 10.9 Å². The summed E-state index contributed by atoms with van der Waals surface area (Å²) in [4.78, 5) is 3.76. The number of pyridine rings is 1.